The summed E-state index contributed by atoms with van der Waals surface area (Å²) in [4.78, 5) is 22.4. The molecule has 8 nitrogen and oxygen atoms in total. The van der Waals surface area contributed by atoms with Crippen LogP contribution >= 0.6 is 11.6 Å². The summed E-state index contributed by atoms with van der Waals surface area (Å²) in [6.07, 6.45) is -0.665. The van der Waals surface area contributed by atoms with Crippen LogP contribution in [0.25, 0.3) is 11.0 Å². The molecule has 0 bridgehead atoms. The molecule has 184 valence electrons. The van der Waals surface area contributed by atoms with E-state index in [1.165, 1.54) is 4.90 Å². The highest BCUT2D eigenvalue weighted by Crippen LogP contribution is 2.29. The Bertz CT molecular complexity index is 976. The molecule has 2 aromatic rings. The van der Waals surface area contributed by atoms with E-state index in [0.717, 1.165) is 6.04 Å². The van der Waals surface area contributed by atoms with Crippen molar-refractivity contribution in [1.29, 1.82) is 0 Å². The van der Waals surface area contributed by atoms with Crippen molar-refractivity contribution in [3.05, 3.63) is 17.5 Å². The van der Waals surface area contributed by atoms with Crippen LogP contribution in [0.2, 0.25) is 31.0 Å². The van der Waals surface area contributed by atoms with Gasteiger partial charge in [0.05, 0.1) is 11.9 Å². The Morgan fingerprint density at radius 3 is 2.70 bits per heavy atom. The van der Waals surface area contributed by atoms with Crippen molar-refractivity contribution < 1.29 is 23.4 Å². The molecule has 1 saturated heterocycles. The second-order valence-corrected chi connectivity index (χ2v) is 16.5. The van der Waals surface area contributed by atoms with Crippen molar-refractivity contribution in [2.75, 3.05) is 19.7 Å². The Hall–Kier alpha value is -1.91. The zero-order chi connectivity index (χ0) is 24.4. The van der Waals surface area contributed by atoms with Gasteiger partial charge in [0.1, 0.15) is 24.6 Å². The Balaban J connectivity index is 1.72. The van der Waals surface area contributed by atoms with Crippen molar-refractivity contribution in [2.24, 2.45) is 0 Å². The third kappa shape index (κ3) is 7.28. The van der Waals surface area contributed by atoms with Crippen LogP contribution in [0, 0.1) is 0 Å². The average molecular weight is 501 g/mol. The van der Waals surface area contributed by atoms with Crippen LogP contribution in [0.5, 0.6) is 5.88 Å². The number of ether oxygens (including phenoxy) is 3. The number of nitrogens with zero attached hydrogens (tertiary/aromatic N) is 4. The highest BCUT2D eigenvalue weighted by Gasteiger charge is 2.35. The first-order valence-electron chi connectivity index (χ1n) is 11.2. The molecule has 0 saturated carbocycles. The zero-order valence-electron chi connectivity index (χ0n) is 20.2. The molecule has 2 aromatic heterocycles. The zero-order valence-corrected chi connectivity index (χ0v) is 22.0. The van der Waals surface area contributed by atoms with E-state index >= 15 is 0 Å². The molecule has 0 unspecified atom stereocenters. The van der Waals surface area contributed by atoms with Crippen molar-refractivity contribution in [1.82, 2.24) is 19.4 Å². The molecule has 0 radical (unpaired) electrons. The van der Waals surface area contributed by atoms with Gasteiger partial charge in [-0.05, 0) is 44.5 Å². The van der Waals surface area contributed by atoms with E-state index < -0.39 is 32.0 Å². The van der Waals surface area contributed by atoms with Crippen molar-refractivity contribution in [2.45, 2.75) is 77.5 Å². The monoisotopic (exact) mass is 500 g/mol. The molecule has 2 atom stereocenters. The molecule has 1 aliphatic heterocycles. The van der Waals surface area contributed by atoms with Crippen molar-refractivity contribution in [3.8, 4) is 5.88 Å². The van der Waals surface area contributed by atoms with E-state index in [9.17, 15) is 9.18 Å². The van der Waals surface area contributed by atoms with E-state index in [1.807, 2.05) is 10.8 Å². The van der Waals surface area contributed by atoms with Crippen LogP contribution in [0.15, 0.2) is 12.3 Å². The van der Waals surface area contributed by atoms with Crippen LogP contribution in [0.4, 0.5) is 9.18 Å². The van der Waals surface area contributed by atoms with Crippen molar-refractivity contribution in [3.63, 3.8) is 0 Å². The molecule has 0 N–H and O–H groups in total. The highest BCUT2D eigenvalue weighted by atomic mass is 35.5. The van der Waals surface area contributed by atoms with Gasteiger partial charge in [0.25, 0.3) is 0 Å². The summed E-state index contributed by atoms with van der Waals surface area (Å²) in [6, 6.07) is 2.86. The van der Waals surface area contributed by atoms with E-state index in [2.05, 4.69) is 29.6 Å². The molecule has 0 aliphatic carbocycles. The predicted molar refractivity (Wildman–Crippen MR) is 128 cm³/mol. The molecule has 3 heterocycles. The summed E-state index contributed by atoms with van der Waals surface area (Å²) in [6.45, 7) is 13.6. The summed E-state index contributed by atoms with van der Waals surface area (Å²) in [5.74, 6) is 0.185. The number of fused-ring (bicyclic) bond motifs is 1. The molecule has 1 fully saturated rings. The number of amides is 1. The summed E-state index contributed by atoms with van der Waals surface area (Å²) in [5, 5.41) is 0.601. The molecule has 0 aromatic carbocycles. The van der Waals surface area contributed by atoms with Crippen LogP contribution in [-0.2, 0) is 16.2 Å². The number of carbonyl (C=O) groups excluding carboxylic acids is 1. The third-order valence-corrected chi connectivity index (χ3v) is 7.05. The Kier molecular flexibility index (Phi) is 7.90. The quantitative estimate of drug-likeness (QED) is 0.298. The third-order valence-electron chi connectivity index (χ3n) is 5.18. The number of hydrogen-bond donors (Lipinski definition) is 0. The average Bonchev–Trinajstić information content (AvgIpc) is 3.07. The van der Waals surface area contributed by atoms with Crippen molar-refractivity contribution >= 4 is 36.8 Å². The van der Waals surface area contributed by atoms with E-state index in [-0.39, 0.29) is 30.7 Å². The highest BCUT2D eigenvalue weighted by molar-refractivity contribution is 6.76. The van der Waals surface area contributed by atoms with Gasteiger partial charge in [-0.25, -0.2) is 9.18 Å². The normalized spacial score (nSPS) is 19.7. The Morgan fingerprint density at radius 2 is 2.03 bits per heavy atom. The van der Waals surface area contributed by atoms with Gasteiger partial charge in [0.15, 0.2) is 5.65 Å². The second kappa shape index (κ2) is 10.1. The van der Waals surface area contributed by atoms with Gasteiger partial charge >= 0.3 is 6.09 Å². The fourth-order valence-corrected chi connectivity index (χ4v) is 4.30. The summed E-state index contributed by atoms with van der Waals surface area (Å²) in [5.41, 5.74) is -0.0833. The molecular weight excluding hydrogens is 467 g/mol. The number of likely N-dealkylation sites (tertiary alicyclic amines) is 1. The number of hydrogen-bond acceptors (Lipinski definition) is 6. The Morgan fingerprint density at radius 1 is 1.30 bits per heavy atom. The maximum atomic E-state index is 14.7. The van der Waals surface area contributed by atoms with Gasteiger partial charge < -0.3 is 23.7 Å². The maximum Gasteiger partial charge on any atom is 0.410 e. The van der Waals surface area contributed by atoms with E-state index in [1.54, 1.807) is 26.8 Å². The first kappa shape index (κ1) is 25.7. The summed E-state index contributed by atoms with van der Waals surface area (Å²) >= 11 is 6.15. The molecular formula is C22H34ClFN4O4Si. The van der Waals surface area contributed by atoms with Gasteiger partial charge in [-0.2, -0.15) is 9.97 Å². The smallest absolute Gasteiger partial charge is 0.410 e. The van der Waals surface area contributed by atoms with Gasteiger partial charge in [-0.15, -0.1) is 0 Å². The van der Waals surface area contributed by atoms with E-state index in [0.29, 0.717) is 24.4 Å². The number of carbonyl (C=O) groups is 1. The Labute approximate surface area is 200 Å². The van der Waals surface area contributed by atoms with E-state index in [4.69, 9.17) is 25.8 Å². The first-order chi connectivity index (χ1) is 15.3. The largest absolute Gasteiger partial charge is 0.469 e. The predicted octanol–water partition coefficient (Wildman–Crippen LogP) is 5.12. The minimum absolute atomic E-state index is 0.00485. The van der Waals surface area contributed by atoms with Gasteiger partial charge in [-0.3, -0.25) is 0 Å². The summed E-state index contributed by atoms with van der Waals surface area (Å²) in [7, 11) is -1.18. The fourth-order valence-electron chi connectivity index (χ4n) is 3.38. The lowest BCUT2D eigenvalue weighted by molar-refractivity contribution is -0.0129. The van der Waals surface area contributed by atoms with Gasteiger partial charge in [0.2, 0.25) is 11.2 Å². The SMILES string of the molecule is CC(C)(C)OC(=O)N1CC[C@@H](F)[C@@H](Oc2nc(Cl)nc3c2ccn3COCC[Si](C)(C)C)C1. The molecule has 33 heavy (non-hydrogen) atoms. The molecule has 1 aliphatic rings. The second-order valence-electron chi connectivity index (χ2n) is 10.6. The lowest BCUT2D eigenvalue weighted by Gasteiger charge is -2.35. The topological polar surface area (TPSA) is 78.7 Å². The standard InChI is InChI=1S/C22H34ClFN4O4Si/c1-22(2,3)32-21(29)27-10-8-16(24)17(13-27)31-19-15-7-9-28(18(15)25-20(23)26-19)14-30-11-12-33(4,5)6/h7,9,16-17H,8,10-14H2,1-6H3/t16-,17+/m1/s1. The lowest BCUT2D eigenvalue weighted by atomic mass is 10.1. The van der Waals surface area contributed by atoms with Gasteiger partial charge in [-0.1, -0.05) is 19.6 Å². The number of halogens is 2. The molecule has 3 rings (SSSR count). The van der Waals surface area contributed by atoms with Crippen LogP contribution in [0.1, 0.15) is 27.2 Å². The van der Waals surface area contributed by atoms with Gasteiger partial charge in [0, 0.05) is 33.8 Å². The number of aromatic nitrogens is 3. The lowest BCUT2D eigenvalue weighted by Crippen LogP contribution is -2.51. The minimum atomic E-state index is -1.25. The van der Waals surface area contributed by atoms with Crippen LogP contribution < -0.4 is 4.74 Å². The number of piperidine rings is 1. The molecule has 0 spiro atoms. The molecule has 11 heteroatoms. The fraction of sp³-hybridized carbons (Fsp3) is 0.682. The maximum absolute atomic E-state index is 14.7. The number of rotatable bonds is 7. The minimum Gasteiger partial charge on any atom is -0.469 e. The van der Waals surface area contributed by atoms with Crippen LogP contribution in [0.3, 0.4) is 0 Å². The first-order valence-corrected chi connectivity index (χ1v) is 15.3. The number of alkyl halides is 1. The molecule has 1 amide bonds. The summed E-state index contributed by atoms with van der Waals surface area (Å²) < 4.78 is 33.7. The van der Waals surface area contributed by atoms with Crippen LogP contribution in [-0.4, -0.2) is 71.2 Å².